The van der Waals surface area contributed by atoms with Crippen molar-refractivity contribution in [1.29, 1.82) is 0 Å². The van der Waals surface area contributed by atoms with Gasteiger partial charge in [-0.3, -0.25) is 14.9 Å². The first-order valence-corrected chi connectivity index (χ1v) is 8.67. The van der Waals surface area contributed by atoms with Crippen molar-refractivity contribution in [2.75, 3.05) is 12.4 Å². The fraction of sp³-hybridized carbons (Fsp3) is 0.316. The van der Waals surface area contributed by atoms with E-state index in [9.17, 15) is 23.7 Å². The molecule has 0 bridgehead atoms. The standard InChI is InChI=1S/C19H19F2N3O4/c1-23(11-12-2-7-15(8-3-12)28-19(20)21)18(25)13-4-9-16(22-14-5-6-14)17(10-13)24(26)27/h2-4,7-10,14,19,22H,5-6,11H2,1H3. The van der Waals surface area contributed by atoms with Gasteiger partial charge in [0, 0.05) is 31.3 Å². The molecular formula is C19H19F2N3O4. The van der Waals surface area contributed by atoms with Gasteiger partial charge in [-0.25, -0.2) is 0 Å². The zero-order valence-electron chi connectivity index (χ0n) is 15.1. The van der Waals surface area contributed by atoms with Crippen LogP contribution in [0.15, 0.2) is 42.5 Å². The van der Waals surface area contributed by atoms with Crippen LogP contribution in [-0.4, -0.2) is 35.4 Å². The van der Waals surface area contributed by atoms with Crippen molar-refractivity contribution in [3.63, 3.8) is 0 Å². The number of nitro benzene ring substituents is 1. The summed E-state index contributed by atoms with van der Waals surface area (Å²) in [6, 6.07) is 10.6. The van der Waals surface area contributed by atoms with Crippen LogP contribution in [0, 0.1) is 10.1 Å². The Bertz CT molecular complexity index is 870. The lowest BCUT2D eigenvalue weighted by atomic mass is 10.1. The van der Waals surface area contributed by atoms with Crippen molar-refractivity contribution in [1.82, 2.24) is 4.90 Å². The van der Waals surface area contributed by atoms with Crippen molar-refractivity contribution >= 4 is 17.3 Å². The highest BCUT2D eigenvalue weighted by molar-refractivity contribution is 5.95. The van der Waals surface area contributed by atoms with E-state index in [0.29, 0.717) is 11.3 Å². The third kappa shape index (κ3) is 4.93. The van der Waals surface area contributed by atoms with Gasteiger partial charge >= 0.3 is 6.61 Å². The molecule has 1 aliphatic carbocycles. The van der Waals surface area contributed by atoms with Crippen LogP contribution in [0.2, 0.25) is 0 Å². The molecule has 1 saturated carbocycles. The monoisotopic (exact) mass is 391 g/mol. The number of halogens is 2. The molecule has 0 heterocycles. The molecule has 0 unspecified atom stereocenters. The Hall–Kier alpha value is -3.23. The average Bonchev–Trinajstić information content (AvgIpc) is 3.46. The minimum absolute atomic E-state index is 0.0297. The Morgan fingerprint density at radius 1 is 1.29 bits per heavy atom. The molecule has 9 heteroatoms. The molecule has 1 fully saturated rings. The van der Waals surface area contributed by atoms with Gasteiger partial charge in [-0.1, -0.05) is 12.1 Å². The highest BCUT2D eigenvalue weighted by Crippen LogP contribution is 2.31. The number of nitrogens with zero attached hydrogens (tertiary/aromatic N) is 2. The summed E-state index contributed by atoms with van der Waals surface area (Å²) >= 11 is 0. The molecule has 2 aromatic carbocycles. The van der Waals surface area contributed by atoms with Gasteiger partial charge in [0.05, 0.1) is 4.92 Å². The van der Waals surface area contributed by atoms with Crippen LogP contribution in [-0.2, 0) is 6.54 Å². The topological polar surface area (TPSA) is 84.7 Å². The van der Waals surface area contributed by atoms with Gasteiger partial charge in [-0.2, -0.15) is 8.78 Å². The van der Waals surface area contributed by atoms with Crippen molar-refractivity contribution in [2.45, 2.75) is 32.0 Å². The smallest absolute Gasteiger partial charge is 0.387 e. The fourth-order valence-corrected chi connectivity index (χ4v) is 2.73. The van der Waals surface area contributed by atoms with Crippen molar-refractivity contribution in [3.05, 3.63) is 63.7 Å². The normalized spacial score (nSPS) is 13.3. The Kier molecular flexibility index (Phi) is 5.72. The number of nitro groups is 1. The first kappa shape index (κ1) is 19.5. The van der Waals surface area contributed by atoms with E-state index in [1.165, 1.54) is 23.1 Å². The number of carbonyl (C=O) groups is 1. The van der Waals surface area contributed by atoms with Crippen molar-refractivity contribution < 1.29 is 23.2 Å². The highest BCUT2D eigenvalue weighted by Gasteiger charge is 2.26. The van der Waals surface area contributed by atoms with Crippen LogP contribution in [0.4, 0.5) is 20.2 Å². The fourth-order valence-electron chi connectivity index (χ4n) is 2.73. The van der Waals surface area contributed by atoms with Gasteiger partial charge in [0.25, 0.3) is 11.6 Å². The molecule has 0 aliphatic heterocycles. The maximum absolute atomic E-state index is 12.6. The Morgan fingerprint density at radius 2 is 1.96 bits per heavy atom. The van der Waals surface area contributed by atoms with E-state index in [-0.39, 0.29) is 35.5 Å². The SMILES string of the molecule is CN(Cc1ccc(OC(F)F)cc1)C(=O)c1ccc(NC2CC2)c([N+](=O)[O-])c1. The third-order valence-corrected chi connectivity index (χ3v) is 4.29. The molecule has 1 amide bonds. The second kappa shape index (κ2) is 8.20. The summed E-state index contributed by atoms with van der Waals surface area (Å²) in [6.45, 7) is -2.69. The molecule has 1 N–H and O–H groups in total. The first-order valence-electron chi connectivity index (χ1n) is 8.67. The molecule has 0 atom stereocenters. The van der Waals surface area contributed by atoms with Crippen LogP contribution in [0.3, 0.4) is 0 Å². The molecular weight excluding hydrogens is 372 g/mol. The number of hydrogen-bond acceptors (Lipinski definition) is 5. The lowest BCUT2D eigenvalue weighted by Crippen LogP contribution is -2.26. The highest BCUT2D eigenvalue weighted by atomic mass is 19.3. The molecule has 28 heavy (non-hydrogen) atoms. The van der Waals surface area contributed by atoms with Gasteiger partial charge in [0.15, 0.2) is 0 Å². The molecule has 2 aromatic rings. The molecule has 1 aliphatic rings. The summed E-state index contributed by atoms with van der Waals surface area (Å²) in [5.74, 6) is -0.351. The summed E-state index contributed by atoms with van der Waals surface area (Å²) in [5, 5.41) is 14.4. The summed E-state index contributed by atoms with van der Waals surface area (Å²) in [4.78, 5) is 24.9. The number of benzene rings is 2. The number of amides is 1. The van der Waals surface area contributed by atoms with Gasteiger partial charge in [0.1, 0.15) is 11.4 Å². The van der Waals surface area contributed by atoms with E-state index in [1.807, 2.05) is 0 Å². The zero-order valence-corrected chi connectivity index (χ0v) is 15.1. The predicted octanol–water partition coefficient (Wildman–Crippen LogP) is 4.04. The molecule has 0 aromatic heterocycles. The quantitative estimate of drug-likeness (QED) is 0.542. The van der Waals surface area contributed by atoms with Gasteiger partial charge in [-0.15, -0.1) is 0 Å². The van der Waals surface area contributed by atoms with Gasteiger partial charge in [-0.05, 0) is 42.7 Å². The number of nitrogens with one attached hydrogen (secondary N) is 1. The minimum atomic E-state index is -2.90. The number of ether oxygens (including phenoxy) is 1. The van der Waals surface area contributed by atoms with E-state index in [0.717, 1.165) is 12.8 Å². The van der Waals surface area contributed by atoms with Crippen molar-refractivity contribution in [2.24, 2.45) is 0 Å². The summed E-state index contributed by atoms with van der Waals surface area (Å²) in [7, 11) is 1.56. The molecule has 7 nitrogen and oxygen atoms in total. The third-order valence-electron chi connectivity index (χ3n) is 4.29. The second-order valence-corrected chi connectivity index (χ2v) is 6.59. The van der Waals surface area contributed by atoms with Crippen molar-refractivity contribution in [3.8, 4) is 5.75 Å². The number of alkyl halides is 2. The maximum atomic E-state index is 12.6. The van der Waals surface area contributed by atoms with E-state index >= 15 is 0 Å². The Balaban J connectivity index is 1.70. The summed E-state index contributed by atoms with van der Waals surface area (Å²) in [5.41, 5.74) is 1.17. The first-order chi connectivity index (χ1) is 13.3. The molecule has 3 rings (SSSR count). The van der Waals surface area contributed by atoms with Gasteiger partial charge < -0.3 is 15.0 Å². The van der Waals surface area contributed by atoms with Gasteiger partial charge in [0.2, 0.25) is 0 Å². The van der Waals surface area contributed by atoms with E-state index in [1.54, 1.807) is 31.3 Å². The maximum Gasteiger partial charge on any atom is 0.387 e. The number of anilines is 1. The van der Waals surface area contributed by atoms with Crippen LogP contribution in [0.25, 0.3) is 0 Å². The molecule has 148 valence electrons. The lowest BCUT2D eigenvalue weighted by Gasteiger charge is -2.18. The number of carbonyl (C=O) groups excluding carboxylic acids is 1. The van der Waals surface area contributed by atoms with Crippen LogP contribution in [0.5, 0.6) is 5.75 Å². The Morgan fingerprint density at radius 3 is 2.54 bits per heavy atom. The van der Waals surface area contributed by atoms with E-state index in [2.05, 4.69) is 10.1 Å². The summed E-state index contributed by atoms with van der Waals surface area (Å²) < 4.78 is 28.7. The van der Waals surface area contributed by atoms with E-state index < -0.39 is 11.5 Å². The average molecular weight is 391 g/mol. The molecule has 0 saturated heterocycles. The minimum Gasteiger partial charge on any atom is -0.435 e. The zero-order chi connectivity index (χ0) is 20.3. The predicted molar refractivity (Wildman–Crippen MR) is 98.6 cm³/mol. The number of hydrogen-bond donors (Lipinski definition) is 1. The lowest BCUT2D eigenvalue weighted by molar-refractivity contribution is -0.384. The van der Waals surface area contributed by atoms with Crippen LogP contribution >= 0.6 is 0 Å². The molecule has 0 spiro atoms. The van der Waals surface area contributed by atoms with Crippen LogP contribution < -0.4 is 10.1 Å². The largest absolute Gasteiger partial charge is 0.435 e. The molecule has 0 radical (unpaired) electrons. The Labute approximate surface area is 160 Å². The second-order valence-electron chi connectivity index (χ2n) is 6.59. The summed E-state index contributed by atoms with van der Waals surface area (Å²) in [6.07, 6.45) is 1.95. The van der Waals surface area contributed by atoms with E-state index in [4.69, 9.17) is 0 Å². The van der Waals surface area contributed by atoms with Crippen LogP contribution in [0.1, 0.15) is 28.8 Å². The number of rotatable bonds is 8.